The van der Waals surface area contributed by atoms with Gasteiger partial charge in [-0.15, -0.1) is 0 Å². The highest BCUT2D eigenvalue weighted by atomic mass is 32.2. The number of para-hydroxylation sites is 1. The van der Waals surface area contributed by atoms with Crippen LogP contribution in [0, 0.1) is 5.82 Å². The van der Waals surface area contributed by atoms with Gasteiger partial charge in [-0.3, -0.25) is 4.79 Å². The molecule has 1 saturated heterocycles. The van der Waals surface area contributed by atoms with Gasteiger partial charge in [-0.2, -0.15) is 4.31 Å². The molecule has 7 heteroatoms. The molecule has 0 bridgehead atoms. The number of aldehydes is 1. The quantitative estimate of drug-likeness (QED) is 0.768. The molecule has 0 atom stereocenters. The van der Waals surface area contributed by atoms with Crippen LogP contribution in [0.25, 0.3) is 0 Å². The number of anilines is 1. The summed E-state index contributed by atoms with van der Waals surface area (Å²) in [4.78, 5) is 12.7. The summed E-state index contributed by atoms with van der Waals surface area (Å²) in [5.74, 6) is -0.461. The minimum Gasteiger partial charge on any atom is -0.366 e. The Morgan fingerprint density at radius 1 is 1.21 bits per heavy atom. The van der Waals surface area contributed by atoms with E-state index in [-0.39, 0.29) is 11.3 Å². The molecule has 1 fully saturated rings. The van der Waals surface area contributed by atoms with E-state index in [9.17, 15) is 17.6 Å². The van der Waals surface area contributed by atoms with E-state index in [1.165, 1.54) is 16.4 Å². The molecular formula is C12H15FN2O3S. The second kappa shape index (κ2) is 5.26. The van der Waals surface area contributed by atoms with E-state index < -0.39 is 15.8 Å². The highest BCUT2D eigenvalue weighted by Gasteiger charge is 2.25. The van der Waals surface area contributed by atoms with Gasteiger partial charge in [-0.1, -0.05) is 6.07 Å². The predicted octanol–water partition coefficient (Wildman–Crippen LogP) is 0.720. The van der Waals surface area contributed by atoms with Gasteiger partial charge in [-0.05, 0) is 12.1 Å². The molecule has 19 heavy (non-hydrogen) atoms. The van der Waals surface area contributed by atoms with Crippen molar-refractivity contribution in [1.82, 2.24) is 4.31 Å². The number of rotatable bonds is 3. The molecule has 1 heterocycles. The fourth-order valence-corrected chi connectivity index (χ4v) is 3.03. The van der Waals surface area contributed by atoms with Crippen LogP contribution in [0.3, 0.4) is 0 Å². The smallest absolute Gasteiger partial charge is 0.211 e. The number of benzene rings is 1. The lowest BCUT2D eigenvalue weighted by Gasteiger charge is -2.35. The van der Waals surface area contributed by atoms with Crippen LogP contribution >= 0.6 is 0 Å². The first kappa shape index (κ1) is 14.0. The van der Waals surface area contributed by atoms with Crippen molar-refractivity contribution in [3.63, 3.8) is 0 Å². The predicted molar refractivity (Wildman–Crippen MR) is 70.4 cm³/mol. The average molecular weight is 286 g/mol. The van der Waals surface area contributed by atoms with Crippen LogP contribution in [0.1, 0.15) is 10.4 Å². The number of hydrogen-bond donors (Lipinski definition) is 0. The Labute approximate surface area is 111 Å². The molecule has 2 rings (SSSR count). The molecule has 0 N–H and O–H groups in total. The highest BCUT2D eigenvalue weighted by Crippen LogP contribution is 2.24. The topological polar surface area (TPSA) is 57.7 Å². The number of sulfonamides is 1. The lowest BCUT2D eigenvalue weighted by Crippen LogP contribution is -2.48. The molecule has 0 aliphatic carbocycles. The number of carbonyl (C=O) groups is 1. The van der Waals surface area contributed by atoms with E-state index in [1.54, 1.807) is 11.0 Å². The first-order chi connectivity index (χ1) is 8.93. The van der Waals surface area contributed by atoms with Crippen LogP contribution in [0.4, 0.5) is 10.1 Å². The van der Waals surface area contributed by atoms with E-state index in [2.05, 4.69) is 0 Å². The molecule has 1 aliphatic rings. The summed E-state index contributed by atoms with van der Waals surface area (Å²) >= 11 is 0. The summed E-state index contributed by atoms with van der Waals surface area (Å²) in [6.45, 7) is 1.33. The molecule has 5 nitrogen and oxygen atoms in total. The molecule has 1 aliphatic heterocycles. The number of halogens is 1. The van der Waals surface area contributed by atoms with Crippen molar-refractivity contribution in [2.45, 2.75) is 0 Å². The minimum atomic E-state index is -3.21. The van der Waals surface area contributed by atoms with Crippen LogP contribution < -0.4 is 4.90 Å². The number of nitrogens with zero attached hydrogens (tertiary/aromatic N) is 2. The third-order valence-corrected chi connectivity index (χ3v) is 4.47. The van der Waals surface area contributed by atoms with Gasteiger partial charge in [0.2, 0.25) is 10.0 Å². The molecule has 0 saturated carbocycles. The van der Waals surface area contributed by atoms with Crippen molar-refractivity contribution in [2.75, 3.05) is 37.3 Å². The second-order valence-electron chi connectivity index (χ2n) is 4.44. The zero-order chi connectivity index (χ0) is 14.0. The van der Waals surface area contributed by atoms with Crippen LogP contribution in [-0.4, -0.2) is 51.4 Å². The third kappa shape index (κ3) is 2.93. The molecule has 0 amide bonds. The van der Waals surface area contributed by atoms with Crippen molar-refractivity contribution >= 4 is 22.0 Å². The lowest BCUT2D eigenvalue weighted by atomic mass is 10.1. The molecule has 0 radical (unpaired) electrons. The SMILES string of the molecule is CS(=O)(=O)N1CCN(c2c(F)cccc2C=O)CC1. The Hall–Kier alpha value is -1.47. The fourth-order valence-electron chi connectivity index (χ4n) is 2.20. The van der Waals surface area contributed by atoms with Gasteiger partial charge in [-0.25, -0.2) is 12.8 Å². The second-order valence-corrected chi connectivity index (χ2v) is 6.43. The summed E-state index contributed by atoms with van der Waals surface area (Å²) in [6.07, 6.45) is 1.77. The van der Waals surface area contributed by atoms with Crippen LogP contribution in [-0.2, 0) is 10.0 Å². The van der Waals surface area contributed by atoms with Crippen LogP contribution in [0.15, 0.2) is 18.2 Å². The summed E-state index contributed by atoms with van der Waals surface area (Å²) in [5, 5.41) is 0. The Kier molecular flexibility index (Phi) is 3.86. The van der Waals surface area contributed by atoms with Gasteiger partial charge in [0.1, 0.15) is 5.82 Å². The molecule has 104 valence electrons. The van der Waals surface area contributed by atoms with E-state index in [0.29, 0.717) is 32.5 Å². The van der Waals surface area contributed by atoms with Crippen LogP contribution in [0.5, 0.6) is 0 Å². The third-order valence-electron chi connectivity index (χ3n) is 3.17. The van der Waals surface area contributed by atoms with Crippen molar-refractivity contribution in [1.29, 1.82) is 0 Å². The van der Waals surface area contributed by atoms with E-state index >= 15 is 0 Å². The summed E-state index contributed by atoms with van der Waals surface area (Å²) in [6, 6.07) is 4.33. The fraction of sp³-hybridized carbons (Fsp3) is 0.417. The lowest BCUT2D eigenvalue weighted by molar-refractivity contribution is 0.112. The maximum Gasteiger partial charge on any atom is 0.211 e. The average Bonchev–Trinajstić information content (AvgIpc) is 2.37. The van der Waals surface area contributed by atoms with E-state index in [4.69, 9.17) is 0 Å². The zero-order valence-corrected chi connectivity index (χ0v) is 11.4. The Morgan fingerprint density at radius 2 is 1.84 bits per heavy atom. The number of carbonyl (C=O) groups excluding carboxylic acids is 1. The molecular weight excluding hydrogens is 271 g/mol. The number of piperazine rings is 1. The minimum absolute atomic E-state index is 0.255. The Bertz CT molecular complexity index is 581. The van der Waals surface area contributed by atoms with Crippen molar-refractivity contribution in [2.24, 2.45) is 0 Å². The van der Waals surface area contributed by atoms with E-state index in [0.717, 1.165) is 6.26 Å². The van der Waals surface area contributed by atoms with Crippen molar-refractivity contribution in [3.05, 3.63) is 29.6 Å². The van der Waals surface area contributed by atoms with Gasteiger partial charge in [0.05, 0.1) is 11.9 Å². The summed E-state index contributed by atoms with van der Waals surface area (Å²) < 4.78 is 38.0. The molecule has 0 spiro atoms. The summed E-state index contributed by atoms with van der Waals surface area (Å²) in [7, 11) is -3.21. The Morgan fingerprint density at radius 3 is 2.37 bits per heavy atom. The summed E-state index contributed by atoms with van der Waals surface area (Å²) in [5.41, 5.74) is 0.540. The standard InChI is InChI=1S/C12H15FN2O3S/c1-19(17,18)15-7-5-14(6-8-15)12-10(9-16)3-2-4-11(12)13/h2-4,9H,5-8H2,1H3. The largest absolute Gasteiger partial charge is 0.366 e. The van der Waals surface area contributed by atoms with Gasteiger partial charge >= 0.3 is 0 Å². The maximum atomic E-state index is 13.8. The molecule has 0 aromatic heterocycles. The zero-order valence-electron chi connectivity index (χ0n) is 10.5. The Balaban J connectivity index is 2.21. The first-order valence-corrected chi connectivity index (χ1v) is 7.72. The van der Waals surface area contributed by atoms with Crippen molar-refractivity contribution in [3.8, 4) is 0 Å². The number of hydrogen-bond acceptors (Lipinski definition) is 4. The molecule has 0 unspecified atom stereocenters. The highest BCUT2D eigenvalue weighted by molar-refractivity contribution is 7.88. The monoisotopic (exact) mass is 286 g/mol. The maximum absolute atomic E-state index is 13.8. The molecule has 1 aromatic carbocycles. The van der Waals surface area contributed by atoms with Gasteiger partial charge in [0.25, 0.3) is 0 Å². The molecule has 1 aromatic rings. The van der Waals surface area contributed by atoms with Gasteiger partial charge in [0.15, 0.2) is 6.29 Å². The van der Waals surface area contributed by atoms with Crippen molar-refractivity contribution < 1.29 is 17.6 Å². The normalized spacial score (nSPS) is 17.5. The van der Waals surface area contributed by atoms with Gasteiger partial charge in [0, 0.05) is 31.7 Å². The first-order valence-electron chi connectivity index (χ1n) is 5.87. The van der Waals surface area contributed by atoms with Crippen LogP contribution in [0.2, 0.25) is 0 Å². The van der Waals surface area contributed by atoms with Gasteiger partial charge < -0.3 is 4.90 Å². The van der Waals surface area contributed by atoms with E-state index in [1.807, 2.05) is 0 Å².